The minimum absolute atomic E-state index is 0.180. The molecule has 0 amide bonds. The molecule has 19 heavy (non-hydrogen) atoms. The summed E-state index contributed by atoms with van der Waals surface area (Å²) in [6, 6.07) is 3.19. The molecule has 1 rings (SSSR count). The monoisotopic (exact) mass is 266 g/mol. The van der Waals surface area contributed by atoms with Crippen molar-refractivity contribution in [3.63, 3.8) is 0 Å². The van der Waals surface area contributed by atoms with Crippen LogP contribution in [-0.4, -0.2) is 35.7 Å². The van der Waals surface area contributed by atoms with Gasteiger partial charge in [0.2, 0.25) is 0 Å². The Balaban J connectivity index is 2.89. The molecule has 0 aromatic carbocycles. The van der Waals surface area contributed by atoms with E-state index in [9.17, 15) is 14.7 Å². The molecular weight excluding hydrogens is 248 g/mol. The number of carboxylic acids is 1. The van der Waals surface area contributed by atoms with Gasteiger partial charge in [0, 0.05) is 12.7 Å². The normalized spacial score (nSPS) is 13.4. The summed E-state index contributed by atoms with van der Waals surface area (Å²) in [5.41, 5.74) is -0.626. The SMILES string of the molecule is CCC(C)(CNc1ncccc1C(=O)OC)C(=O)O. The molecule has 0 radical (unpaired) electrons. The predicted octanol–water partition coefficient (Wildman–Crippen LogP) is 1.78. The van der Waals surface area contributed by atoms with Gasteiger partial charge in [0.1, 0.15) is 11.4 Å². The third-order valence-electron chi connectivity index (χ3n) is 3.16. The second-order valence-corrected chi connectivity index (χ2v) is 4.46. The quantitative estimate of drug-likeness (QED) is 0.763. The molecule has 1 atom stereocenters. The maximum Gasteiger partial charge on any atom is 0.341 e. The van der Waals surface area contributed by atoms with E-state index in [1.54, 1.807) is 26.0 Å². The standard InChI is InChI=1S/C13H18N2O4/c1-4-13(2,12(17)18)8-15-10-9(11(16)19-3)6-5-7-14-10/h5-7H,4,8H2,1-3H3,(H,14,15)(H,17,18). The number of carbonyl (C=O) groups is 2. The van der Waals surface area contributed by atoms with E-state index in [4.69, 9.17) is 0 Å². The van der Waals surface area contributed by atoms with Crippen LogP contribution in [0.4, 0.5) is 5.82 Å². The molecule has 1 unspecified atom stereocenters. The van der Waals surface area contributed by atoms with Crippen LogP contribution in [0, 0.1) is 5.41 Å². The molecule has 0 bridgehead atoms. The van der Waals surface area contributed by atoms with Crippen molar-refractivity contribution in [2.75, 3.05) is 19.0 Å². The lowest BCUT2D eigenvalue weighted by atomic mass is 9.88. The highest BCUT2D eigenvalue weighted by Gasteiger charge is 2.31. The van der Waals surface area contributed by atoms with Crippen LogP contribution in [0.15, 0.2) is 18.3 Å². The predicted molar refractivity (Wildman–Crippen MR) is 70.1 cm³/mol. The van der Waals surface area contributed by atoms with E-state index in [1.165, 1.54) is 13.3 Å². The molecule has 0 aliphatic carbocycles. The molecule has 0 aliphatic heterocycles. The number of nitrogens with zero attached hydrogens (tertiary/aromatic N) is 1. The first-order valence-corrected chi connectivity index (χ1v) is 5.95. The number of pyridine rings is 1. The van der Waals surface area contributed by atoms with E-state index in [0.29, 0.717) is 12.2 Å². The molecule has 2 N–H and O–H groups in total. The number of nitrogens with one attached hydrogen (secondary N) is 1. The molecule has 0 saturated heterocycles. The second-order valence-electron chi connectivity index (χ2n) is 4.46. The Morgan fingerprint density at radius 3 is 2.74 bits per heavy atom. The number of aromatic nitrogens is 1. The zero-order chi connectivity index (χ0) is 14.5. The fourth-order valence-electron chi connectivity index (χ4n) is 1.45. The second kappa shape index (κ2) is 6.17. The van der Waals surface area contributed by atoms with Gasteiger partial charge in [0.25, 0.3) is 0 Å². The van der Waals surface area contributed by atoms with Crippen molar-refractivity contribution in [2.24, 2.45) is 5.41 Å². The molecule has 6 nitrogen and oxygen atoms in total. The fourth-order valence-corrected chi connectivity index (χ4v) is 1.45. The summed E-state index contributed by atoms with van der Waals surface area (Å²) < 4.78 is 4.65. The molecular formula is C13H18N2O4. The van der Waals surface area contributed by atoms with Crippen molar-refractivity contribution in [3.05, 3.63) is 23.9 Å². The number of anilines is 1. The molecule has 0 spiro atoms. The molecule has 0 fully saturated rings. The highest BCUT2D eigenvalue weighted by atomic mass is 16.5. The summed E-state index contributed by atoms with van der Waals surface area (Å²) in [4.78, 5) is 26.8. The molecule has 1 aromatic heterocycles. The van der Waals surface area contributed by atoms with Gasteiger partial charge in [0.05, 0.1) is 12.5 Å². The minimum atomic E-state index is -0.912. The molecule has 1 heterocycles. The van der Waals surface area contributed by atoms with Crippen LogP contribution in [-0.2, 0) is 9.53 Å². The number of esters is 1. The number of carboxylic acid groups (broad SMARTS) is 1. The summed E-state index contributed by atoms with van der Waals surface area (Å²) in [5, 5.41) is 12.1. The van der Waals surface area contributed by atoms with Crippen molar-refractivity contribution in [3.8, 4) is 0 Å². The lowest BCUT2D eigenvalue weighted by molar-refractivity contribution is -0.147. The number of ether oxygens (including phenoxy) is 1. The van der Waals surface area contributed by atoms with E-state index >= 15 is 0 Å². The van der Waals surface area contributed by atoms with Crippen LogP contribution >= 0.6 is 0 Å². The number of carbonyl (C=O) groups excluding carboxylic acids is 1. The van der Waals surface area contributed by atoms with Crippen molar-refractivity contribution < 1.29 is 19.4 Å². The fraction of sp³-hybridized carbons (Fsp3) is 0.462. The van der Waals surface area contributed by atoms with E-state index < -0.39 is 17.4 Å². The number of hydrogen-bond donors (Lipinski definition) is 2. The van der Waals surface area contributed by atoms with Gasteiger partial charge in [0.15, 0.2) is 0 Å². The van der Waals surface area contributed by atoms with Crippen LogP contribution in [0.1, 0.15) is 30.6 Å². The van der Waals surface area contributed by atoms with Crippen LogP contribution in [0.25, 0.3) is 0 Å². The third kappa shape index (κ3) is 3.43. The largest absolute Gasteiger partial charge is 0.481 e. The van der Waals surface area contributed by atoms with Gasteiger partial charge in [-0.05, 0) is 25.5 Å². The maximum absolute atomic E-state index is 11.5. The Morgan fingerprint density at radius 2 is 2.21 bits per heavy atom. The summed E-state index contributed by atoms with van der Waals surface area (Å²) >= 11 is 0. The first-order valence-electron chi connectivity index (χ1n) is 5.95. The van der Waals surface area contributed by atoms with Crippen molar-refractivity contribution in [1.29, 1.82) is 0 Å². The van der Waals surface area contributed by atoms with E-state index in [0.717, 1.165) is 0 Å². The molecule has 0 saturated carbocycles. The number of methoxy groups -OCH3 is 1. The topological polar surface area (TPSA) is 88.5 Å². The summed E-state index contributed by atoms with van der Waals surface area (Å²) in [6.45, 7) is 3.62. The van der Waals surface area contributed by atoms with Gasteiger partial charge in [-0.15, -0.1) is 0 Å². The lowest BCUT2D eigenvalue weighted by Crippen LogP contribution is -2.34. The van der Waals surface area contributed by atoms with E-state index in [1.807, 2.05) is 0 Å². The highest BCUT2D eigenvalue weighted by molar-refractivity contribution is 5.94. The maximum atomic E-state index is 11.5. The van der Waals surface area contributed by atoms with Gasteiger partial charge in [-0.2, -0.15) is 0 Å². The first-order chi connectivity index (χ1) is 8.94. The molecule has 1 aromatic rings. The van der Waals surface area contributed by atoms with Crippen LogP contribution in [0.2, 0.25) is 0 Å². The zero-order valence-corrected chi connectivity index (χ0v) is 11.3. The van der Waals surface area contributed by atoms with Gasteiger partial charge in [-0.25, -0.2) is 9.78 Å². The van der Waals surface area contributed by atoms with Crippen molar-refractivity contribution in [2.45, 2.75) is 20.3 Å². The Bertz CT molecular complexity index is 475. The van der Waals surface area contributed by atoms with Gasteiger partial charge < -0.3 is 15.2 Å². The van der Waals surface area contributed by atoms with Crippen molar-refractivity contribution >= 4 is 17.8 Å². The molecule has 6 heteroatoms. The summed E-state index contributed by atoms with van der Waals surface area (Å²) in [6.07, 6.45) is 1.99. The zero-order valence-electron chi connectivity index (χ0n) is 11.3. The number of hydrogen-bond acceptors (Lipinski definition) is 5. The first kappa shape index (κ1) is 14.9. The van der Waals surface area contributed by atoms with Crippen LogP contribution in [0.5, 0.6) is 0 Å². The minimum Gasteiger partial charge on any atom is -0.481 e. The Labute approximate surface area is 111 Å². The number of aliphatic carboxylic acids is 1. The summed E-state index contributed by atoms with van der Waals surface area (Å²) in [7, 11) is 1.28. The highest BCUT2D eigenvalue weighted by Crippen LogP contribution is 2.23. The Kier molecular flexibility index (Phi) is 4.86. The van der Waals surface area contributed by atoms with E-state index in [2.05, 4.69) is 15.0 Å². The number of rotatable bonds is 6. The average molecular weight is 266 g/mol. The molecule has 0 aliphatic rings. The average Bonchev–Trinajstić information content (AvgIpc) is 2.44. The van der Waals surface area contributed by atoms with Gasteiger partial charge in [-0.1, -0.05) is 6.92 Å². The van der Waals surface area contributed by atoms with E-state index in [-0.39, 0.29) is 12.1 Å². The third-order valence-corrected chi connectivity index (χ3v) is 3.16. The summed E-state index contributed by atoms with van der Waals surface area (Å²) in [5.74, 6) is -1.07. The van der Waals surface area contributed by atoms with Gasteiger partial charge >= 0.3 is 11.9 Å². The van der Waals surface area contributed by atoms with Gasteiger partial charge in [-0.3, -0.25) is 4.79 Å². The molecule has 104 valence electrons. The lowest BCUT2D eigenvalue weighted by Gasteiger charge is -2.23. The van der Waals surface area contributed by atoms with Crippen LogP contribution in [0.3, 0.4) is 0 Å². The van der Waals surface area contributed by atoms with Crippen molar-refractivity contribution in [1.82, 2.24) is 4.98 Å². The Hall–Kier alpha value is -2.11. The smallest absolute Gasteiger partial charge is 0.341 e. The Morgan fingerprint density at radius 1 is 1.53 bits per heavy atom. The van der Waals surface area contributed by atoms with Crippen LogP contribution < -0.4 is 5.32 Å².